The van der Waals surface area contributed by atoms with Crippen LogP contribution in [-0.2, 0) is 10.0 Å². The maximum Gasteiger partial charge on any atom is 0.211 e. The molecule has 0 radical (unpaired) electrons. The zero-order chi connectivity index (χ0) is 17.0. The lowest BCUT2D eigenvalue weighted by Gasteiger charge is -2.46. The topological polar surface area (TPSA) is 66.7 Å². The summed E-state index contributed by atoms with van der Waals surface area (Å²) in [4.78, 5) is 2.11. The van der Waals surface area contributed by atoms with Gasteiger partial charge in [0.25, 0.3) is 0 Å². The summed E-state index contributed by atoms with van der Waals surface area (Å²) in [7, 11) is -3.24. The SMILES string of the molecule is Cc1noc2c(N3CCN(S(C)(=O)=O)C(C)(C)C3)cc(Cl)cc12. The molecule has 0 atom stereocenters. The fraction of sp³-hybridized carbons (Fsp3) is 0.533. The number of anilines is 1. The van der Waals surface area contributed by atoms with Crippen LogP contribution in [0.5, 0.6) is 0 Å². The largest absolute Gasteiger partial charge is 0.365 e. The van der Waals surface area contributed by atoms with Crippen molar-refractivity contribution in [1.29, 1.82) is 0 Å². The highest BCUT2D eigenvalue weighted by Gasteiger charge is 2.39. The number of hydrogen-bond acceptors (Lipinski definition) is 5. The highest BCUT2D eigenvalue weighted by Crippen LogP contribution is 2.35. The van der Waals surface area contributed by atoms with Crippen LogP contribution >= 0.6 is 11.6 Å². The fourth-order valence-electron chi connectivity index (χ4n) is 3.30. The smallest absolute Gasteiger partial charge is 0.211 e. The van der Waals surface area contributed by atoms with Crippen molar-refractivity contribution in [2.75, 3.05) is 30.8 Å². The first-order valence-corrected chi connectivity index (χ1v) is 9.60. The Morgan fingerprint density at radius 2 is 2.00 bits per heavy atom. The number of piperazine rings is 1. The van der Waals surface area contributed by atoms with Crippen LogP contribution in [0.1, 0.15) is 19.5 Å². The van der Waals surface area contributed by atoms with Crippen LogP contribution in [0.25, 0.3) is 11.0 Å². The van der Waals surface area contributed by atoms with Crippen LogP contribution in [-0.4, -0.2) is 49.3 Å². The van der Waals surface area contributed by atoms with Gasteiger partial charge in [0.1, 0.15) is 0 Å². The normalized spacial score (nSPS) is 19.4. The van der Waals surface area contributed by atoms with Gasteiger partial charge in [-0.3, -0.25) is 0 Å². The number of fused-ring (bicyclic) bond motifs is 1. The summed E-state index contributed by atoms with van der Waals surface area (Å²) >= 11 is 6.24. The van der Waals surface area contributed by atoms with Crippen molar-refractivity contribution < 1.29 is 12.9 Å². The molecule has 0 bridgehead atoms. The van der Waals surface area contributed by atoms with Crippen LogP contribution in [0.3, 0.4) is 0 Å². The van der Waals surface area contributed by atoms with Gasteiger partial charge in [0.2, 0.25) is 10.0 Å². The van der Waals surface area contributed by atoms with E-state index in [-0.39, 0.29) is 0 Å². The zero-order valence-corrected chi connectivity index (χ0v) is 15.2. The van der Waals surface area contributed by atoms with Gasteiger partial charge in [-0.25, -0.2) is 8.42 Å². The van der Waals surface area contributed by atoms with Gasteiger partial charge in [0, 0.05) is 35.6 Å². The molecular formula is C15H20ClN3O3S. The van der Waals surface area contributed by atoms with Crippen LogP contribution in [0.2, 0.25) is 5.02 Å². The molecular weight excluding hydrogens is 338 g/mol. The predicted molar refractivity (Wildman–Crippen MR) is 91.6 cm³/mol. The lowest BCUT2D eigenvalue weighted by atomic mass is 10.0. The van der Waals surface area contributed by atoms with Crippen LogP contribution < -0.4 is 4.90 Å². The Bertz CT molecular complexity index is 860. The zero-order valence-electron chi connectivity index (χ0n) is 13.6. The maximum atomic E-state index is 12.0. The first-order chi connectivity index (χ1) is 10.6. The molecule has 8 heteroatoms. The van der Waals surface area contributed by atoms with E-state index in [0.717, 1.165) is 16.8 Å². The molecule has 2 heterocycles. The molecule has 0 unspecified atom stereocenters. The number of sulfonamides is 1. The maximum absolute atomic E-state index is 12.0. The second kappa shape index (κ2) is 5.36. The molecule has 1 fully saturated rings. The minimum absolute atomic E-state index is 0.424. The van der Waals surface area contributed by atoms with Gasteiger partial charge in [-0.15, -0.1) is 0 Å². The van der Waals surface area contributed by atoms with Gasteiger partial charge in [0.05, 0.1) is 17.6 Å². The van der Waals surface area contributed by atoms with E-state index in [0.29, 0.717) is 30.2 Å². The van der Waals surface area contributed by atoms with Gasteiger partial charge in [-0.05, 0) is 32.9 Å². The van der Waals surface area contributed by atoms with Gasteiger partial charge < -0.3 is 9.42 Å². The van der Waals surface area contributed by atoms with E-state index < -0.39 is 15.6 Å². The molecule has 1 saturated heterocycles. The summed E-state index contributed by atoms with van der Waals surface area (Å²) in [5.74, 6) is 0. The molecule has 126 valence electrons. The Morgan fingerprint density at radius 3 is 2.61 bits per heavy atom. The number of halogens is 1. The summed E-state index contributed by atoms with van der Waals surface area (Å²) in [5.41, 5.74) is 1.82. The van der Waals surface area contributed by atoms with Gasteiger partial charge in [-0.1, -0.05) is 16.8 Å². The summed E-state index contributed by atoms with van der Waals surface area (Å²) in [6.07, 6.45) is 1.25. The molecule has 23 heavy (non-hydrogen) atoms. The number of aromatic nitrogens is 1. The first-order valence-electron chi connectivity index (χ1n) is 7.38. The molecule has 1 aliphatic heterocycles. The van der Waals surface area contributed by atoms with Crippen molar-refractivity contribution in [3.63, 3.8) is 0 Å². The third-order valence-corrected chi connectivity index (χ3v) is 5.96. The minimum Gasteiger partial charge on any atom is -0.365 e. The molecule has 1 aromatic heterocycles. The summed E-state index contributed by atoms with van der Waals surface area (Å²) < 4.78 is 31.0. The summed E-state index contributed by atoms with van der Waals surface area (Å²) in [5, 5.41) is 5.51. The summed E-state index contributed by atoms with van der Waals surface area (Å²) in [6, 6.07) is 3.69. The Balaban J connectivity index is 2.02. The number of benzene rings is 1. The van der Waals surface area contributed by atoms with E-state index in [2.05, 4.69) is 10.1 Å². The van der Waals surface area contributed by atoms with E-state index >= 15 is 0 Å². The Hall–Kier alpha value is -1.31. The Kier molecular flexibility index (Phi) is 3.85. The molecule has 0 aliphatic carbocycles. The molecule has 6 nitrogen and oxygen atoms in total. The van der Waals surface area contributed by atoms with Gasteiger partial charge >= 0.3 is 0 Å². The highest BCUT2D eigenvalue weighted by atomic mass is 35.5. The van der Waals surface area contributed by atoms with Crippen molar-refractivity contribution in [2.24, 2.45) is 0 Å². The van der Waals surface area contributed by atoms with E-state index in [1.165, 1.54) is 6.26 Å². The fourth-order valence-corrected chi connectivity index (χ4v) is 4.88. The van der Waals surface area contributed by atoms with Crippen molar-refractivity contribution in [3.8, 4) is 0 Å². The number of nitrogens with zero attached hydrogens (tertiary/aromatic N) is 3. The first kappa shape index (κ1) is 16.5. The quantitative estimate of drug-likeness (QED) is 0.826. The monoisotopic (exact) mass is 357 g/mol. The van der Waals surface area contributed by atoms with Crippen molar-refractivity contribution in [3.05, 3.63) is 22.8 Å². The molecule has 0 amide bonds. The lowest BCUT2D eigenvalue weighted by molar-refractivity contribution is 0.206. The van der Waals surface area contributed by atoms with Crippen LogP contribution in [0, 0.1) is 6.92 Å². The van der Waals surface area contributed by atoms with Crippen molar-refractivity contribution in [1.82, 2.24) is 9.46 Å². The third-order valence-electron chi connectivity index (χ3n) is 4.26. The average Bonchev–Trinajstić information content (AvgIpc) is 2.77. The van der Waals surface area contributed by atoms with Gasteiger partial charge in [0.15, 0.2) is 5.58 Å². The number of rotatable bonds is 2. The van der Waals surface area contributed by atoms with E-state index in [9.17, 15) is 8.42 Å². The van der Waals surface area contributed by atoms with Crippen molar-refractivity contribution in [2.45, 2.75) is 26.3 Å². The molecule has 1 aromatic carbocycles. The molecule has 2 aromatic rings. The van der Waals surface area contributed by atoms with Gasteiger partial charge in [-0.2, -0.15) is 4.31 Å². The second-order valence-electron chi connectivity index (χ2n) is 6.64. The second-order valence-corrected chi connectivity index (χ2v) is 8.98. The molecule has 0 N–H and O–H groups in total. The Labute approximate surface area is 141 Å². The van der Waals surface area contributed by atoms with Crippen LogP contribution in [0.15, 0.2) is 16.7 Å². The molecule has 0 saturated carbocycles. The number of hydrogen-bond donors (Lipinski definition) is 0. The van der Waals surface area contributed by atoms with E-state index in [1.807, 2.05) is 32.9 Å². The standard InChI is InChI=1S/C15H20ClN3O3S/c1-10-12-7-11(16)8-13(14(12)22-17-10)18-5-6-19(23(4,20)21)15(2,3)9-18/h7-8H,5-6,9H2,1-4H3. The highest BCUT2D eigenvalue weighted by molar-refractivity contribution is 7.88. The molecule has 3 rings (SSSR count). The molecule has 0 spiro atoms. The lowest BCUT2D eigenvalue weighted by Crippen LogP contribution is -2.60. The summed E-state index contributed by atoms with van der Waals surface area (Å²) in [6.45, 7) is 7.27. The number of aryl methyl sites for hydroxylation is 1. The minimum atomic E-state index is -3.24. The van der Waals surface area contributed by atoms with E-state index in [4.69, 9.17) is 16.1 Å². The third kappa shape index (κ3) is 2.93. The van der Waals surface area contributed by atoms with E-state index in [1.54, 1.807) is 4.31 Å². The van der Waals surface area contributed by atoms with Crippen LogP contribution in [0.4, 0.5) is 5.69 Å². The Morgan fingerprint density at radius 1 is 1.30 bits per heavy atom. The average molecular weight is 358 g/mol. The predicted octanol–water partition coefficient (Wildman–Crippen LogP) is 2.65. The molecule has 1 aliphatic rings. The van der Waals surface area contributed by atoms with Crippen molar-refractivity contribution >= 4 is 38.3 Å².